The van der Waals surface area contributed by atoms with Crippen LogP contribution in [0.5, 0.6) is 0 Å². The lowest BCUT2D eigenvalue weighted by molar-refractivity contribution is -0.870. The molecule has 0 heterocycles. The first kappa shape index (κ1) is 62.7. The zero-order valence-corrected chi connectivity index (χ0v) is 43.9. The SMILES string of the molecule is CCCCC/C=C/C=C/CCCCCCCCC(=O)NC(COP(=O)(O)OCC[N+](C)(C)C)C(/C=C/CCCCCCCCCCC)OC(=O)CC/C=C/C/C=C\CCCCCCCC. The number of nitrogens with zero attached hydrogens (tertiary/aromatic N) is 1. The van der Waals surface area contributed by atoms with Crippen LogP contribution in [-0.4, -0.2) is 74.3 Å². The lowest BCUT2D eigenvalue weighted by atomic mass is 10.1. The van der Waals surface area contributed by atoms with Crippen molar-refractivity contribution < 1.29 is 37.3 Å². The second-order valence-electron chi connectivity index (χ2n) is 19.1. The van der Waals surface area contributed by atoms with E-state index >= 15 is 0 Å². The number of carbonyl (C=O) groups is 2. The maximum atomic E-state index is 13.4. The number of esters is 1. The second kappa shape index (κ2) is 45.5. The molecule has 0 aliphatic carbocycles. The van der Waals surface area contributed by atoms with Crippen LogP contribution in [0.1, 0.15) is 226 Å². The summed E-state index contributed by atoms with van der Waals surface area (Å²) in [6.07, 6.45) is 55.1. The minimum absolute atomic E-state index is 0.0288. The molecule has 10 heteroatoms. The number of ether oxygens (including phenoxy) is 1. The molecule has 0 aliphatic heterocycles. The average Bonchev–Trinajstić information content (AvgIpc) is 3.26. The fraction of sp³-hybridized carbons (Fsp3) is 0.782. The fourth-order valence-corrected chi connectivity index (χ4v) is 8.01. The van der Waals surface area contributed by atoms with Gasteiger partial charge in [0.2, 0.25) is 5.91 Å². The number of amides is 1. The van der Waals surface area contributed by atoms with Crippen LogP contribution >= 0.6 is 7.82 Å². The summed E-state index contributed by atoms with van der Waals surface area (Å²) in [7, 11) is 1.46. The Hall–Kier alpha value is -2.29. The van der Waals surface area contributed by atoms with E-state index in [4.69, 9.17) is 13.8 Å². The largest absolute Gasteiger partial charge is 0.472 e. The summed E-state index contributed by atoms with van der Waals surface area (Å²) >= 11 is 0. The van der Waals surface area contributed by atoms with Crippen molar-refractivity contribution in [2.45, 2.75) is 238 Å². The molecule has 0 saturated heterocycles. The Morgan fingerprint density at radius 1 is 0.554 bits per heavy atom. The van der Waals surface area contributed by atoms with Crippen LogP contribution in [0, 0.1) is 0 Å². The molecule has 3 unspecified atom stereocenters. The minimum Gasteiger partial charge on any atom is -0.456 e. The number of phosphoric acid groups is 1. The highest BCUT2D eigenvalue weighted by atomic mass is 31.2. The van der Waals surface area contributed by atoms with E-state index in [9.17, 15) is 19.0 Å². The lowest BCUT2D eigenvalue weighted by Crippen LogP contribution is -2.47. The van der Waals surface area contributed by atoms with Gasteiger partial charge in [-0.05, 0) is 76.7 Å². The van der Waals surface area contributed by atoms with E-state index in [2.05, 4.69) is 68.6 Å². The van der Waals surface area contributed by atoms with Crippen LogP contribution in [-0.2, 0) is 27.9 Å². The number of phosphoric ester groups is 1. The number of carbonyl (C=O) groups excluding carboxylic acids is 2. The van der Waals surface area contributed by atoms with Gasteiger partial charge in [-0.2, -0.15) is 0 Å². The van der Waals surface area contributed by atoms with E-state index in [1.165, 1.54) is 109 Å². The van der Waals surface area contributed by atoms with Crippen LogP contribution < -0.4 is 5.32 Å². The van der Waals surface area contributed by atoms with E-state index in [0.717, 1.165) is 77.0 Å². The normalized spacial score (nSPS) is 14.4. The Balaban J connectivity index is 5.49. The van der Waals surface area contributed by atoms with Crippen molar-refractivity contribution in [3.05, 3.63) is 60.8 Å². The smallest absolute Gasteiger partial charge is 0.456 e. The van der Waals surface area contributed by atoms with Gasteiger partial charge in [-0.1, -0.05) is 197 Å². The quantitative estimate of drug-likeness (QED) is 0.0156. The Morgan fingerprint density at radius 3 is 1.54 bits per heavy atom. The summed E-state index contributed by atoms with van der Waals surface area (Å²) in [5, 5.41) is 3.01. The number of quaternary nitrogens is 1. The van der Waals surface area contributed by atoms with Gasteiger partial charge < -0.3 is 19.4 Å². The van der Waals surface area contributed by atoms with Gasteiger partial charge in [0.05, 0.1) is 33.8 Å². The van der Waals surface area contributed by atoms with Crippen molar-refractivity contribution in [2.75, 3.05) is 40.9 Å². The summed E-state index contributed by atoms with van der Waals surface area (Å²) in [6.45, 7) is 6.90. The molecular formula is C55H102N2O7P+. The predicted molar refractivity (Wildman–Crippen MR) is 277 cm³/mol. The number of hydrogen-bond acceptors (Lipinski definition) is 6. The molecule has 0 spiro atoms. The van der Waals surface area contributed by atoms with E-state index in [-0.39, 0.29) is 25.5 Å². The van der Waals surface area contributed by atoms with Crippen molar-refractivity contribution >= 4 is 19.7 Å². The summed E-state index contributed by atoms with van der Waals surface area (Å²) < 4.78 is 30.4. The van der Waals surface area contributed by atoms with Crippen LogP contribution in [0.2, 0.25) is 0 Å². The number of rotatable bonds is 47. The van der Waals surface area contributed by atoms with Crippen molar-refractivity contribution in [1.82, 2.24) is 5.32 Å². The zero-order valence-electron chi connectivity index (χ0n) is 43.0. The minimum atomic E-state index is -4.45. The molecule has 2 N–H and O–H groups in total. The Kier molecular flexibility index (Phi) is 43.9. The molecule has 0 aromatic carbocycles. The van der Waals surface area contributed by atoms with E-state index in [1.807, 2.05) is 39.4 Å². The molecule has 0 saturated carbocycles. The third kappa shape index (κ3) is 46.6. The highest BCUT2D eigenvalue weighted by Crippen LogP contribution is 2.43. The van der Waals surface area contributed by atoms with Gasteiger partial charge in [0, 0.05) is 12.8 Å². The molecule has 0 aliphatic rings. The molecule has 0 aromatic rings. The van der Waals surface area contributed by atoms with Gasteiger partial charge in [0.1, 0.15) is 19.3 Å². The first-order valence-corrected chi connectivity index (χ1v) is 28.1. The molecule has 3 atom stereocenters. The Labute approximate surface area is 401 Å². The van der Waals surface area contributed by atoms with Gasteiger partial charge >= 0.3 is 13.8 Å². The van der Waals surface area contributed by atoms with Crippen LogP contribution in [0.3, 0.4) is 0 Å². The third-order valence-electron chi connectivity index (χ3n) is 11.5. The summed E-state index contributed by atoms with van der Waals surface area (Å²) in [5.74, 6) is -0.600. The van der Waals surface area contributed by atoms with Gasteiger partial charge in [0.25, 0.3) is 0 Å². The predicted octanol–water partition coefficient (Wildman–Crippen LogP) is 15.5. The van der Waals surface area contributed by atoms with Crippen molar-refractivity contribution in [3.8, 4) is 0 Å². The molecule has 378 valence electrons. The number of nitrogens with one attached hydrogen (secondary N) is 1. The van der Waals surface area contributed by atoms with E-state index in [1.54, 1.807) is 0 Å². The van der Waals surface area contributed by atoms with Crippen LogP contribution in [0.25, 0.3) is 0 Å². The molecule has 1 amide bonds. The summed E-state index contributed by atoms with van der Waals surface area (Å²) in [6, 6.07) is -0.875. The standard InChI is InChI=1S/C55H101N2O7P/c1-7-10-13-16-19-22-25-27-28-30-32-35-38-41-44-47-54(58)56-52(51-63-65(60,61)62-50-49-57(4,5)6)53(46-43-40-37-34-31-24-21-18-15-12-9-3)64-55(59)48-45-42-39-36-33-29-26-23-20-17-14-11-8-2/h19,22,25,27,29,33,39,42-43,46,52-53H,7-18,20-21,23-24,26,28,30-32,34-38,40-41,44-45,47-51H2,1-6H3,(H-,56,58,60,61)/p+1/b22-19+,27-25+,33-29-,42-39+,46-43+. The molecule has 9 nitrogen and oxygen atoms in total. The molecule has 0 radical (unpaired) electrons. The Morgan fingerprint density at radius 2 is 1.00 bits per heavy atom. The second-order valence-corrected chi connectivity index (χ2v) is 20.5. The highest BCUT2D eigenvalue weighted by molar-refractivity contribution is 7.47. The van der Waals surface area contributed by atoms with E-state index in [0.29, 0.717) is 23.9 Å². The first-order valence-electron chi connectivity index (χ1n) is 26.6. The third-order valence-corrected chi connectivity index (χ3v) is 12.5. The molecule has 0 fully saturated rings. The van der Waals surface area contributed by atoms with Gasteiger partial charge in [-0.3, -0.25) is 18.6 Å². The average molecular weight is 934 g/mol. The first-order chi connectivity index (χ1) is 31.4. The van der Waals surface area contributed by atoms with Crippen LogP contribution in [0.15, 0.2) is 60.8 Å². The molecular weight excluding hydrogens is 832 g/mol. The lowest BCUT2D eigenvalue weighted by Gasteiger charge is -2.27. The van der Waals surface area contributed by atoms with Gasteiger partial charge in [0.15, 0.2) is 0 Å². The topological polar surface area (TPSA) is 111 Å². The number of unbranched alkanes of at least 4 members (excludes halogenated alkanes) is 24. The monoisotopic (exact) mass is 934 g/mol. The van der Waals surface area contributed by atoms with E-state index < -0.39 is 25.9 Å². The van der Waals surface area contributed by atoms with Crippen LogP contribution in [0.4, 0.5) is 0 Å². The maximum Gasteiger partial charge on any atom is 0.472 e. The summed E-state index contributed by atoms with van der Waals surface area (Å²) in [5.41, 5.74) is 0. The van der Waals surface area contributed by atoms with Gasteiger partial charge in [-0.15, -0.1) is 0 Å². The fourth-order valence-electron chi connectivity index (χ4n) is 7.28. The zero-order chi connectivity index (χ0) is 48.0. The van der Waals surface area contributed by atoms with Crippen molar-refractivity contribution in [2.24, 2.45) is 0 Å². The number of likely N-dealkylation sites (N-methyl/N-ethyl adjacent to an activating group) is 1. The number of hydrogen-bond donors (Lipinski definition) is 2. The molecule has 0 bridgehead atoms. The maximum absolute atomic E-state index is 13.4. The molecule has 0 rings (SSSR count). The molecule has 65 heavy (non-hydrogen) atoms. The highest BCUT2D eigenvalue weighted by Gasteiger charge is 2.30. The summed E-state index contributed by atoms with van der Waals surface area (Å²) in [4.78, 5) is 37.4. The van der Waals surface area contributed by atoms with Crippen molar-refractivity contribution in [3.63, 3.8) is 0 Å². The molecule has 0 aromatic heterocycles. The Bertz CT molecular complexity index is 1300. The van der Waals surface area contributed by atoms with Crippen molar-refractivity contribution in [1.29, 1.82) is 0 Å². The van der Waals surface area contributed by atoms with Gasteiger partial charge in [-0.25, -0.2) is 4.57 Å². The number of allylic oxidation sites excluding steroid dienone is 9.